The monoisotopic (exact) mass is 399 g/mol. The zero-order valence-corrected chi connectivity index (χ0v) is 15.3. The summed E-state index contributed by atoms with van der Waals surface area (Å²) in [5.41, 5.74) is 5.92. The van der Waals surface area contributed by atoms with Gasteiger partial charge in [0.1, 0.15) is 5.82 Å². The van der Waals surface area contributed by atoms with Gasteiger partial charge in [-0.25, -0.2) is 4.39 Å². The summed E-state index contributed by atoms with van der Waals surface area (Å²) in [6.45, 7) is 0.327. The van der Waals surface area contributed by atoms with Crippen LogP contribution in [0, 0.1) is 11.7 Å². The molecule has 0 aromatic heterocycles. The minimum absolute atomic E-state index is 0.00647. The molecule has 8 nitrogen and oxygen atoms in total. The number of benzene rings is 2. The van der Waals surface area contributed by atoms with E-state index in [0.29, 0.717) is 22.7 Å². The van der Waals surface area contributed by atoms with Crippen LogP contribution in [0.3, 0.4) is 0 Å². The lowest BCUT2D eigenvalue weighted by molar-refractivity contribution is -0.131. The number of nitrogens with zero attached hydrogens (tertiary/aromatic N) is 1. The molecule has 4 rings (SSSR count). The molecule has 2 aromatic carbocycles. The normalized spacial score (nSPS) is 17.3. The fourth-order valence-electron chi connectivity index (χ4n) is 3.25. The third-order valence-corrected chi connectivity index (χ3v) is 4.77. The van der Waals surface area contributed by atoms with Gasteiger partial charge < -0.3 is 14.4 Å². The molecule has 0 bridgehead atoms. The van der Waals surface area contributed by atoms with Crippen molar-refractivity contribution in [2.45, 2.75) is 12.8 Å². The smallest absolute Gasteiger partial charge is 0.243 e. The Morgan fingerprint density at radius 1 is 1.07 bits per heavy atom. The predicted octanol–water partition coefficient (Wildman–Crippen LogP) is 1.30. The highest BCUT2D eigenvalue weighted by atomic mass is 19.1. The standard InChI is InChI=1S/C20H18FN3O5/c21-14-3-1-12(2-4-14)7-18(25)22-23-20(27)13-8-19(26)24(10-13)15-5-6-16-17(9-15)29-11-28-16/h1-6,9,13H,7-8,10-11H2,(H,22,25)(H,23,27). The maximum absolute atomic E-state index is 12.9. The third kappa shape index (κ3) is 4.13. The molecule has 2 aliphatic rings. The Kier molecular flexibility index (Phi) is 5.03. The number of hydrogen-bond donors (Lipinski definition) is 2. The van der Waals surface area contributed by atoms with Crippen LogP contribution in [0.5, 0.6) is 11.5 Å². The summed E-state index contributed by atoms with van der Waals surface area (Å²) in [6.07, 6.45) is 0.0294. The fourth-order valence-corrected chi connectivity index (χ4v) is 3.25. The summed E-state index contributed by atoms with van der Waals surface area (Å²) in [5.74, 6) is -0.910. The van der Waals surface area contributed by atoms with Gasteiger partial charge in [-0.2, -0.15) is 0 Å². The van der Waals surface area contributed by atoms with Gasteiger partial charge in [-0.05, 0) is 29.8 Å². The van der Waals surface area contributed by atoms with E-state index in [2.05, 4.69) is 10.9 Å². The molecule has 150 valence electrons. The molecule has 9 heteroatoms. The Balaban J connectivity index is 1.31. The number of carbonyl (C=O) groups is 3. The molecule has 1 unspecified atom stereocenters. The summed E-state index contributed by atoms with van der Waals surface area (Å²) in [7, 11) is 0. The van der Waals surface area contributed by atoms with Crippen molar-refractivity contribution in [1.82, 2.24) is 10.9 Å². The number of rotatable bonds is 4. The van der Waals surface area contributed by atoms with E-state index in [9.17, 15) is 18.8 Å². The van der Waals surface area contributed by atoms with E-state index >= 15 is 0 Å². The molecule has 0 aliphatic carbocycles. The molecule has 1 atom stereocenters. The first-order valence-electron chi connectivity index (χ1n) is 9.03. The average molecular weight is 399 g/mol. The van der Waals surface area contributed by atoms with Crippen LogP contribution >= 0.6 is 0 Å². The highest BCUT2D eigenvalue weighted by Gasteiger charge is 2.35. The Hall–Kier alpha value is -3.62. The molecule has 3 amide bonds. The van der Waals surface area contributed by atoms with Gasteiger partial charge >= 0.3 is 0 Å². The number of fused-ring (bicyclic) bond motifs is 1. The van der Waals surface area contributed by atoms with Crippen molar-refractivity contribution in [1.29, 1.82) is 0 Å². The van der Waals surface area contributed by atoms with Crippen molar-refractivity contribution >= 4 is 23.4 Å². The molecule has 2 heterocycles. The number of nitrogens with one attached hydrogen (secondary N) is 2. The maximum atomic E-state index is 12.9. The molecule has 2 aromatic rings. The van der Waals surface area contributed by atoms with Gasteiger partial charge in [-0.15, -0.1) is 0 Å². The lowest BCUT2D eigenvalue weighted by atomic mass is 10.1. The van der Waals surface area contributed by atoms with Crippen molar-refractivity contribution in [2.24, 2.45) is 5.92 Å². The predicted molar refractivity (Wildman–Crippen MR) is 99.4 cm³/mol. The Bertz CT molecular complexity index is 963. The van der Waals surface area contributed by atoms with Gasteiger partial charge in [0.2, 0.25) is 24.5 Å². The van der Waals surface area contributed by atoms with Gasteiger partial charge in [-0.3, -0.25) is 25.2 Å². The third-order valence-electron chi connectivity index (χ3n) is 4.77. The Labute approximate surface area is 165 Å². The van der Waals surface area contributed by atoms with E-state index < -0.39 is 17.7 Å². The van der Waals surface area contributed by atoms with Gasteiger partial charge in [0.05, 0.1) is 12.3 Å². The number of halogens is 1. The van der Waals surface area contributed by atoms with E-state index in [1.165, 1.54) is 29.2 Å². The highest BCUT2D eigenvalue weighted by molar-refractivity contribution is 6.00. The van der Waals surface area contributed by atoms with Crippen LogP contribution in [-0.4, -0.2) is 31.1 Å². The van der Waals surface area contributed by atoms with Crippen LogP contribution in [-0.2, 0) is 20.8 Å². The SMILES string of the molecule is O=C(Cc1ccc(F)cc1)NNC(=O)C1CC(=O)N(c2ccc3c(c2)OCO3)C1. The second-order valence-corrected chi connectivity index (χ2v) is 6.78. The number of ether oxygens (including phenoxy) is 2. The first kappa shape index (κ1) is 18.7. The lowest BCUT2D eigenvalue weighted by Gasteiger charge is -2.17. The molecular weight excluding hydrogens is 381 g/mol. The van der Waals surface area contributed by atoms with Gasteiger partial charge in [0.15, 0.2) is 11.5 Å². The Morgan fingerprint density at radius 3 is 2.62 bits per heavy atom. The van der Waals surface area contributed by atoms with E-state index in [1.54, 1.807) is 18.2 Å². The second kappa shape index (κ2) is 7.78. The second-order valence-electron chi connectivity index (χ2n) is 6.78. The minimum Gasteiger partial charge on any atom is -0.454 e. The first-order valence-corrected chi connectivity index (χ1v) is 9.03. The molecule has 2 aliphatic heterocycles. The molecule has 0 spiro atoms. The summed E-state index contributed by atoms with van der Waals surface area (Å²) < 4.78 is 23.5. The first-order chi connectivity index (χ1) is 14.0. The van der Waals surface area contributed by atoms with E-state index in [0.717, 1.165) is 0 Å². The van der Waals surface area contributed by atoms with Crippen molar-refractivity contribution in [2.75, 3.05) is 18.2 Å². The lowest BCUT2D eigenvalue weighted by Crippen LogP contribution is -2.45. The van der Waals surface area contributed by atoms with Crippen molar-refractivity contribution in [3.05, 3.63) is 53.8 Å². The van der Waals surface area contributed by atoms with Gasteiger partial charge in [0.25, 0.3) is 0 Å². The summed E-state index contributed by atoms with van der Waals surface area (Å²) in [4.78, 5) is 38.2. The van der Waals surface area contributed by atoms with Crippen molar-refractivity contribution < 1.29 is 28.2 Å². The molecular formula is C20H18FN3O5. The number of amides is 3. The maximum Gasteiger partial charge on any atom is 0.243 e. The van der Waals surface area contributed by atoms with Crippen LogP contribution < -0.4 is 25.2 Å². The van der Waals surface area contributed by atoms with Gasteiger partial charge in [-0.1, -0.05) is 12.1 Å². The van der Waals surface area contributed by atoms with Crippen LogP contribution in [0.1, 0.15) is 12.0 Å². The number of hydrogen-bond acceptors (Lipinski definition) is 5. The van der Waals surface area contributed by atoms with E-state index in [-0.39, 0.29) is 37.9 Å². The average Bonchev–Trinajstić information content (AvgIpc) is 3.33. The summed E-state index contributed by atoms with van der Waals surface area (Å²) in [5, 5.41) is 0. The molecule has 1 saturated heterocycles. The molecule has 0 saturated carbocycles. The van der Waals surface area contributed by atoms with Crippen molar-refractivity contribution in [3.63, 3.8) is 0 Å². The fraction of sp³-hybridized carbons (Fsp3) is 0.250. The van der Waals surface area contributed by atoms with Crippen LogP contribution in [0.2, 0.25) is 0 Å². The number of anilines is 1. The number of hydrazine groups is 1. The van der Waals surface area contributed by atoms with E-state index in [4.69, 9.17) is 9.47 Å². The van der Waals surface area contributed by atoms with E-state index in [1.807, 2.05) is 0 Å². The van der Waals surface area contributed by atoms with Gasteiger partial charge in [0, 0.05) is 24.7 Å². The minimum atomic E-state index is -0.598. The van der Waals surface area contributed by atoms with Crippen LogP contribution in [0.15, 0.2) is 42.5 Å². The Morgan fingerprint density at radius 2 is 1.83 bits per heavy atom. The molecule has 0 radical (unpaired) electrons. The zero-order valence-electron chi connectivity index (χ0n) is 15.3. The largest absolute Gasteiger partial charge is 0.454 e. The highest BCUT2D eigenvalue weighted by Crippen LogP contribution is 2.37. The molecule has 29 heavy (non-hydrogen) atoms. The van der Waals surface area contributed by atoms with Crippen molar-refractivity contribution in [3.8, 4) is 11.5 Å². The van der Waals surface area contributed by atoms with Crippen LogP contribution in [0.4, 0.5) is 10.1 Å². The summed E-state index contributed by atoms with van der Waals surface area (Å²) in [6, 6.07) is 10.7. The molecule has 1 fully saturated rings. The quantitative estimate of drug-likeness (QED) is 0.756. The zero-order chi connectivity index (χ0) is 20.4. The molecule has 2 N–H and O–H groups in total. The van der Waals surface area contributed by atoms with Crippen LogP contribution in [0.25, 0.3) is 0 Å². The number of carbonyl (C=O) groups excluding carboxylic acids is 3. The summed E-state index contributed by atoms with van der Waals surface area (Å²) >= 11 is 0. The topological polar surface area (TPSA) is 97.0 Å².